The SMILES string of the molecule is Cc1ccc([C@@H]2NCC[C@H]2C)o1. The third-order valence-corrected chi connectivity index (χ3v) is 2.60. The van der Waals surface area contributed by atoms with Gasteiger partial charge in [0.05, 0.1) is 6.04 Å². The van der Waals surface area contributed by atoms with E-state index in [0.717, 1.165) is 18.1 Å². The van der Waals surface area contributed by atoms with Gasteiger partial charge in [-0.25, -0.2) is 0 Å². The van der Waals surface area contributed by atoms with Crippen LogP contribution in [0.5, 0.6) is 0 Å². The normalized spacial score (nSPS) is 29.5. The Hall–Kier alpha value is -0.760. The average molecular weight is 165 g/mol. The van der Waals surface area contributed by atoms with Crippen molar-refractivity contribution in [2.75, 3.05) is 6.54 Å². The van der Waals surface area contributed by atoms with Crippen molar-refractivity contribution in [1.82, 2.24) is 5.32 Å². The molecule has 1 aromatic heterocycles. The Morgan fingerprint density at radius 1 is 1.50 bits per heavy atom. The first-order valence-electron chi connectivity index (χ1n) is 4.57. The van der Waals surface area contributed by atoms with Gasteiger partial charge in [-0.2, -0.15) is 0 Å². The maximum Gasteiger partial charge on any atom is 0.121 e. The summed E-state index contributed by atoms with van der Waals surface area (Å²) >= 11 is 0. The highest BCUT2D eigenvalue weighted by atomic mass is 16.3. The number of aryl methyl sites for hydroxylation is 1. The second-order valence-electron chi connectivity index (χ2n) is 3.65. The number of hydrogen-bond donors (Lipinski definition) is 1. The molecule has 2 heterocycles. The molecular weight excluding hydrogens is 150 g/mol. The van der Waals surface area contributed by atoms with Crippen LogP contribution in [0.2, 0.25) is 0 Å². The van der Waals surface area contributed by atoms with E-state index >= 15 is 0 Å². The lowest BCUT2D eigenvalue weighted by atomic mass is 10.0. The second kappa shape index (κ2) is 2.94. The summed E-state index contributed by atoms with van der Waals surface area (Å²) in [6.07, 6.45) is 1.25. The van der Waals surface area contributed by atoms with Crippen molar-refractivity contribution in [3.63, 3.8) is 0 Å². The molecule has 0 radical (unpaired) electrons. The van der Waals surface area contributed by atoms with Gasteiger partial charge in [0, 0.05) is 0 Å². The molecule has 2 heteroatoms. The molecule has 0 amide bonds. The van der Waals surface area contributed by atoms with E-state index in [0.29, 0.717) is 12.0 Å². The van der Waals surface area contributed by atoms with Gasteiger partial charge < -0.3 is 9.73 Å². The Balaban J connectivity index is 2.19. The van der Waals surface area contributed by atoms with E-state index < -0.39 is 0 Å². The van der Waals surface area contributed by atoms with E-state index in [1.807, 2.05) is 13.0 Å². The second-order valence-corrected chi connectivity index (χ2v) is 3.65. The zero-order valence-electron chi connectivity index (χ0n) is 7.63. The third kappa shape index (κ3) is 1.27. The summed E-state index contributed by atoms with van der Waals surface area (Å²) in [7, 11) is 0. The van der Waals surface area contributed by atoms with Crippen molar-refractivity contribution in [3.05, 3.63) is 23.7 Å². The molecule has 0 spiro atoms. The zero-order valence-corrected chi connectivity index (χ0v) is 7.63. The molecule has 12 heavy (non-hydrogen) atoms. The topological polar surface area (TPSA) is 25.2 Å². The van der Waals surface area contributed by atoms with Crippen LogP contribution < -0.4 is 5.32 Å². The molecule has 0 aromatic carbocycles. The van der Waals surface area contributed by atoms with E-state index in [4.69, 9.17) is 4.42 Å². The van der Waals surface area contributed by atoms with Gasteiger partial charge in [0.15, 0.2) is 0 Å². The maximum absolute atomic E-state index is 5.58. The van der Waals surface area contributed by atoms with Crippen LogP contribution in [-0.4, -0.2) is 6.54 Å². The van der Waals surface area contributed by atoms with E-state index in [-0.39, 0.29) is 0 Å². The molecule has 0 unspecified atom stereocenters. The number of furan rings is 1. The minimum Gasteiger partial charge on any atom is -0.465 e. The number of rotatable bonds is 1. The van der Waals surface area contributed by atoms with Crippen LogP contribution in [0.3, 0.4) is 0 Å². The van der Waals surface area contributed by atoms with Gasteiger partial charge in [0.1, 0.15) is 11.5 Å². The minimum atomic E-state index is 0.443. The first-order valence-corrected chi connectivity index (χ1v) is 4.57. The standard InChI is InChI=1S/C10H15NO/c1-7-5-6-11-10(7)9-4-3-8(2)12-9/h3-4,7,10-11H,5-6H2,1-2H3/t7-,10-/m1/s1. The van der Waals surface area contributed by atoms with Gasteiger partial charge in [-0.1, -0.05) is 6.92 Å². The Bertz CT molecular complexity index is 267. The Morgan fingerprint density at radius 3 is 2.83 bits per heavy atom. The first-order chi connectivity index (χ1) is 5.77. The van der Waals surface area contributed by atoms with Crippen molar-refractivity contribution < 1.29 is 4.42 Å². The molecule has 0 saturated carbocycles. The molecule has 1 aromatic rings. The number of nitrogens with one attached hydrogen (secondary N) is 1. The Labute approximate surface area is 73.0 Å². The highest BCUT2D eigenvalue weighted by molar-refractivity contribution is 5.11. The van der Waals surface area contributed by atoms with Crippen molar-refractivity contribution in [2.45, 2.75) is 26.3 Å². The lowest BCUT2D eigenvalue weighted by molar-refractivity contribution is 0.383. The van der Waals surface area contributed by atoms with Crippen molar-refractivity contribution >= 4 is 0 Å². The molecule has 0 bridgehead atoms. The van der Waals surface area contributed by atoms with E-state index in [9.17, 15) is 0 Å². The van der Waals surface area contributed by atoms with Gasteiger partial charge >= 0.3 is 0 Å². The molecule has 66 valence electrons. The van der Waals surface area contributed by atoms with Crippen molar-refractivity contribution in [3.8, 4) is 0 Å². The predicted octanol–water partition coefficient (Wildman–Crippen LogP) is 2.26. The minimum absolute atomic E-state index is 0.443. The molecule has 2 rings (SSSR count). The van der Waals surface area contributed by atoms with Crippen LogP contribution in [0.15, 0.2) is 16.5 Å². The summed E-state index contributed by atoms with van der Waals surface area (Å²) < 4.78 is 5.58. The van der Waals surface area contributed by atoms with Crippen LogP contribution >= 0.6 is 0 Å². The van der Waals surface area contributed by atoms with E-state index in [2.05, 4.69) is 18.3 Å². The monoisotopic (exact) mass is 165 g/mol. The molecule has 1 aliphatic heterocycles. The molecular formula is C10H15NO. The quantitative estimate of drug-likeness (QED) is 0.690. The maximum atomic E-state index is 5.58. The van der Waals surface area contributed by atoms with Crippen LogP contribution in [0.4, 0.5) is 0 Å². The lowest BCUT2D eigenvalue weighted by Crippen LogP contribution is -2.15. The molecule has 1 fully saturated rings. The molecule has 0 aliphatic carbocycles. The fraction of sp³-hybridized carbons (Fsp3) is 0.600. The Kier molecular flexibility index (Phi) is 1.93. The fourth-order valence-electron chi connectivity index (χ4n) is 1.84. The summed E-state index contributed by atoms with van der Waals surface area (Å²) in [5, 5.41) is 3.44. The van der Waals surface area contributed by atoms with Crippen LogP contribution in [-0.2, 0) is 0 Å². The zero-order chi connectivity index (χ0) is 8.55. The summed E-state index contributed by atoms with van der Waals surface area (Å²) in [6, 6.07) is 4.55. The molecule has 1 saturated heterocycles. The highest BCUT2D eigenvalue weighted by Gasteiger charge is 2.26. The predicted molar refractivity (Wildman–Crippen MR) is 48.0 cm³/mol. The van der Waals surface area contributed by atoms with Gasteiger partial charge in [0.2, 0.25) is 0 Å². The van der Waals surface area contributed by atoms with Crippen LogP contribution in [0.25, 0.3) is 0 Å². The smallest absolute Gasteiger partial charge is 0.121 e. The summed E-state index contributed by atoms with van der Waals surface area (Å²) in [5.41, 5.74) is 0. The van der Waals surface area contributed by atoms with E-state index in [1.165, 1.54) is 6.42 Å². The molecule has 1 aliphatic rings. The summed E-state index contributed by atoms with van der Waals surface area (Å²) in [5.74, 6) is 2.80. The Morgan fingerprint density at radius 2 is 2.33 bits per heavy atom. The fourth-order valence-corrected chi connectivity index (χ4v) is 1.84. The van der Waals surface area contributed by atoms with E-state index in [1.54, 1.807) is 0 Å². The van der Waals surface area contributed by atoms with Gasteiger partial charge in [-0.3, -0.25) is 0 Å². The largest absolute Gasteiger partial charge is 0.465 e. The third-order valence-electron chi connectivity index (χ3n) is 2.60. The van der Waals surface area contributed by atoms with Crippen LogP contribution in [0.1, 0.15) is 30.9 Å². The number of hydrogen-bond acceptors (Lipinski definition) is 2. The van der Waals surface area contributed by atoms with Gasteiger partial charge in [-0.05, 0) is 37.9 Å². The molecule has 2 atom stereocenters. The van der Waals surface area contributed by atoms with Gasteiger partial charge in [0.25, 0.3) is 0 Å². The van der Waals surface area contributed by atoms with Crippen LogP contribution in [0, 0.1) is 12.8 Å². The molecule has 2 nitrogen and oxygen atoms in total. The first kappa shape index (κ1) is 7.87. The summed E-state index contributed by atoms with van der Waals surface area (Å²) in [6.45, 7) is 5.37. The lowest BCUT2D eigenvalue weighted by Gasteiger charge is -2.11. The summed E-state index contributed by atoms with van der Waals surface area (Å²) in [4.78, 5) is 0. The van der Waals surface area contributed by atoms with Crippen molar-refractivity contribution in [2.24, 2.45) is 5.92 Å². The van der Waals surface area contributed by atoms with Crippen molar-refractivity contribution in [1.29, 1.82) is 0 Å². The highest BCUT2D eigenvalue weighted by Crippen LogP contribution is 2.29. The molecule has 1 N–H and O–H groups in total. The van der Waals surface area contributed by atoms with Gasteiger partial charge in [-0.15, -0.1) is 0 Å². The average Bonchev–Trinajstić information content (AvgIpc) is 2.58.